The number of furan rings is 1. The molecule has 0 aliphatic heterocycles. The average Bonchev–Trinajstić information content (AvgIpc) is 2.75. The molecule has 96 valence electrons. The lowest BCUT2D eigenvalue weighted by molar-refractivity contribution is 0.390. The van der Waals surface area contributed by atoms with Gasteiger partial charge >= 0.3 is 0 Å². The molecule has 0 amide bonds. The van der Waals surface area contributed by atoms with Crippen LogP contribution in [0.1, 0.15) is 26.5 Å². The van der Waals surface area contributed by atoms with Gasteiger partial charge in [0.25, 0.3) is 0 Å². The summed E-state index contributed by atoms with van der Waals surface area (Å²) in [5.41, 5.74) is 0.532. The molecule has 2 aromatic rings. The molecular formula is C15H18FNO. The molecule has 0 saturated heterocycles. The van der Waals surface area contributed by atoms with Crippen molar-refractivity contribution in [3.8, 4) is 11.3 Å². The fourth-order valence-corrected chi connectivity index (χ4v) is 1.63. The first-order valence-electron chi connectivity index (χ1n) is 6.04. The van der Waals surface area contributed by atoms with Gasteiger partial charge < -0.3 is 9.73 Å². The van der Waals surface area contributed by atoms with Crippen molar-refractivity contribution in [2.75, 3.05) is 0 Å². The summed E-state index contributed by atoms with van der Waals surface area (Å²) in [5.74, 6) is 1.11. The molecule has 1 heterocycles. The van der Waals surface area contributed by atoms with E-state index >= 15 is 0 Å². The van der Waals surface area contributed by atoms with Crippen molar-refractivity contribution in [1.82, 2.24) is 5.32 Å². The predicted molar refractivity (Wildman–Crippen MR) is 70.7 cm³/mol. The van der Waals surface area contributed by atoms with Crippen molar-refractivity contribution in [3.63, 3.8) is 0 Å². The highest BCUT2D eigenvalue weighted by Gasteiger charge is 2.12. The maximum Gasteiger partial charge on any atom is 0.137 e. The molecule has 18 heavy (non-hydrogen) atoms. The van der Waals surface area contributed by atoms with E-state index in [0.717, 1.165) is 5.76 Å². The van der Waals surface area contributed by atoms with E-state index in [1.165, 1.54) is 6.07 Å². The molecule has 1 aromatic heterocycles. The number of rotatable bonds is 3. The number of halogens is 1. The van der Waals surface area contributed by atoms with Crippen molar-refractivity contribution >= 4 is 0 Å². The van der Waals surface area contributed by atoms with E-state index in [1.807, 2.05) is 6.07 Å². The first-order valence-corrected chi connectivity index (χ1v) is 6.04. The first kappa shape index (κ1) is 12.8. The average molecular weight is 247 g/mol. The lowest BCUT2D eigenvalue weighted by atomic mass is 10.1. The molecule has 0 fully saturated rings. The highest BCUT2D eigenvalue weighted by atomic mass is 19.1. The van der Waals surface area contributed by atoms with Gasteiger partial charge in [-0.1, -0.05) is 12.1 Å². The maximum atomic E-state index is 13.6. The van der Waals surface area contributed by atoms with E-state index < -0.39 is 0 Å². The van der Waals surface area contributed by atoms with Crippen LogP contribution >= 0.6 is 0 Å². The first-order chi connectivity index (χ1) is 8.46. The zero-order chi connectivity index (χ0) is 13.2. The van der Waals surface area contributed by atoms with E-state index in [0.29, 0.717) is 17.9 Å². The van der Waals surface area contributed by atoms with Crippen LogP contribution < -0.4 is 5.32 Å². The lowest BCUT2D eigenvalue weighted by Crippen LogP contribution is -2.34. The Kier molecular flexibility index (Phi) is 3.53. The van der Waals surface area contributed by atoms with Crippen molar-refractivity contribution in [3.05, 3.63) is 48.0 Å². The Hall–Kier alpha value is -1.61. The summed E-state index contributed by atoms with van der Waals surface area (Å²) in [6, 6.07) is 10.3. The molecule has 2 rings (SSSR count). The third-order valence-corrected chi connectivity index (χ3v) is 2.59. The number of nitrogens with one attached hydrogen (secondary N) is 1. The van der Waals surface area contributed by atoms with Crippen LogP contribution in [0, 0.1) is 5.82 Å². The summed E-state index contributed by atoms with van der Waals surface area (Å²) in [7, 11) is 0. The van der Waals surface area contributed by atoms with Crippen LogP contribution in [-0.4, -0.2) is 5.54 Å². The Balaban J connectivity index is 2.14. The van der Waals surface area contributed by atoms with E-state index in [2.05, 4.69) is 26.1 Å². The molecule has 0 spiro atoms. The van der Waals surface area contributed by atoms with Gasteiger partial charge in [-0.2, -0.15) is 0 Å². The second-order valence-corrected chi connectivity index (χ2v) is 5.35. The van der Waals surface area contributed by atoms with Gasteiger partial charge in [-0.05, 0) is 45.0 Å². The van der Waals surface area contributed by atoms with Crippen LogP contribution in [0.4, 0.5) is 4.39 Å². The molecule has 0 aliphatic rings. The Morgan fingerprint density at radius 1 is 1.11 bits per heavy atom. The summed E-state index contributed by atoms with van der Waals surface area (Å²) in [4.78, 5) is 0. The molecule has 0 bridgehead atoms. The van der Waals surface area contributed by atoms with E-state index in [4.69, 9.17) is 4.42 Å². The van der Waals surface area contributed by atoms with E-state index in [9.17, 15) is 4.39 Å². The zero-order valence-corrected chi connectivity index (χ0v) is 11.0. The molecule has 0 radical (unpaired) electrons. The molecule has 0 atom stereocenters. The Morgan fingerprint density at radius 3 is 2.50 bits per heavy atom. The Labute approximate surface area is 107 Å². The summed E-state index contributed by atoms with van der Waals surface area (Å²) >= 11 is 0. The minimum atomic E-state index is -0.262. The molecule has 3 heteroatoms. The molecule has 0 unspecified atom stereocenters. The minimum Gasteiger partial charge on any atom is -0.460 e. The van der Waals surface area contributed by atoms with Crippen LogP contribution in [-0.2, 0) is 6.54 Å². The van der Waals surface area contributed by atoms with Crippen molar-refractivity contribution in [1.29, 1.82) is 0 Å². The lowest BCUT2D eigenvalue weighted by Gasteiger charge is -2.19. The fraction of sp³-hybridized carbons (Fsp3) is 0.333. The molecule has 0 aliphatic carbocycles. The number of benzene rings is 1. The summed E-state index contributed by atoms with van der Waals surface area (Å²) in [5, 5.41) is 3.33. The second kappa shape index (κ2) is 4.94. The Bertz CT molecular complexity index is 525. The van der Waals surface area contributed by atoms with E-state index in [-0.39, 0.29) is 11.4 Å². The van der Waals surface area contributed by atoms with Crippen molar-refractivity contribution in [2.45, 2.75) is 32.9 Å². The fourth-order valence-electron chi connectivity index (χ4n) is 1.63. The summed E-state index contributed by atoms with van der Waals surface area (Å²) in [6.45, 7) is 6.91. The van der Waals surface area contributed by atoms with Crippen LogP contribution in [0.2, 0.25) is 0 Å². The highest BCUT2D eigenvalue weighted by Crippen LogP contribution is 2.24. The van der Waals surface area contributed by atoms with Gasteiger partial charge in [-0.3, -0.25) is 0 Å². The maximum absolute atomic E-state index is 13.6. The number of hydrogen-bond donors (Lipinski definition) is 1. The Morgan fingerprint density at radius 2 is 1.83 bits per heavy atom. The van der Waals surface area contributed by atoms with Crippen molar-refractivity contribution < 1.29 is 8.81 Å². The summed E-state index contributed by atoms with van der Waals surface area (Å²) in [6.07, 6.45) is 0. The van der Waals surface area contributed by atoms with Gasteiger partial charge in [-0.15, -0.1) is 0 Å². The largest absolute Gasteiger partial charge is 0.460 e. The second-order valence-electron chi connectivity index (χ2n) is 5.35. The van der Waals surface area contributed by atoms with Crippen molar-refractivity contribution in [2.24, 2.45) is 0 Å². The van der Waals surface area contributed by atoms with Gasteiger partial charge in [0.05, 0.1) is 12.1 Å². The topological polar surface area (TPSA) is 25.2 Å². The van der Waals surface area contributed by atoms with Gasteiger partial charge in [0, 0.05) is 5.54 Å². The summed E-state index contributed by atoms with van der Waals surface area (Å²) < 4.78 is 19.2. The number of hydrogen-bond acceptors (Lipinski definition) is 2. The van der Waals surface area contributed by atoms with Crippen LogP contribution in [0.15, 0.2) is 40.8 Å². The molecule has 1 aromatic carbocycles. The molecule has 0 saturated carbocycles. The van der Waals surface area contributed by atoms with Gasteiger partial charge in [0.15, 0.2) is 0 Å². The third-order valence-electron chi connectivity index (χ3n) is 2.59. The zero-order valence-electron chi connectivity index (χ0n) is 11.0. The third kappa shape index (κ3) is 3.20. The van der Waals surface area contributed by atoms with E-state index in [1.54, 1.807) is 24.3 Å². The minimum absolute atomic E-state index is 0.0327. The van der Waals surface area contributed by atoms with Gasteiger partial charge in [0.2, 0.25) is 0 Å². The smallest absolute Gasteiger partial charge is 0.137 e. The molecular weight excluding hydrogens is 229 g/mol. The molecule has 1 N–H and O–H groups in total. The monoisotopic (exact) mass is 247 g/mol. The van der Waals surface area contributed by atoms with Gasteiger partial charge in [-0.25, -0.2) is 4.39 Å². The normalized spacial score (nSPS) is 11.8. The highest BCUT2D eigenvalue weighted by molar-refractivity contribution is 5.58. The van der Waals surface area contributed by atoms with Crippen LogP contribution in [0.3, 0.4) is 0 Å². The van der Waals surface area contributed by atoms with Crippen LogP contribution in [0.5, 0.6) is 0 Å². The quantitative estimate of drug-likeness (QED) is 0.887. The predicted octanol–water partition coefficient (Wildman–Crippen LogP) is 3.97. The standard InChI is InChI=1S/C15H18FNO/c1-15(2,3)17-10-11-8-9-14(18-11)12-6-4-5-7-13(12)16/h4-9,17H,10H2,1-3H3. The molecule has 2 nitrogen and oxygen atoms in total. The SMILES string of the molecule is CC(C)(C)NCc1ccc(-c2ccccc2F)o1. The van der Waals surface area contributed by atoms with Crippen LogP contribution in [0.25, 0.3) is 11.3 Å². The van der Waals surface area contributed by atoms with Gasteiger partial charge in [0.1, 0.15) is 17.3 Å².